The number of aryl methyl sites for hydroxylation is 2. The number of rotatable bonds is 5. The maximum atomic E-state index is 11.3. The monoisotopic (exact) mass is 277 g/mol. The van der Waals surface area contributed by atoms with Crippen LogP contribution in [-0.4, -0.2) is 46.6 Å². The van der Waals surface area contributed by atoms with Crippen molar-refractivity contribution < 1.29 is 4.92 Å². The van der Waals surface area contributed by atoms with Gasteiger partial charge in [-0.25, -0.2) is 4.52 Å². The molecule has 0 amide bonds. The third-order valence-corrected chi connectivity index (χ3v) is 3.31. The highest BCUT2D eigenvalue weighted by Crippen LogP contribution is 2.30. The minimum Gasteiger partial charge on any atom is -0.362 e. The van der Waals surface area contributed by atoms with Crippen molar-refractivity contribution >= 4 is 17.0 Å². The van der Waals surface area contributed by atoms with Gasteiger partial charge in [-0.15, -0.1) is 5.10 Å². The molecule has 2 aromatic rings. The van der Waals surface area contributed by atoms with Gasteiger partial charge in [0.25, 0.3) is 0 Å². The minimum absolute atomic E-state index is 0.0341. The number of likely N-dealkylation sites (N-methyl/N-ethyl adjacent to an activating group) is 1. The topological polar surface area (TPSA) is 75.7 Å². The van der Waals surface area contributed by atoms with Gasteiger partial charge < -0.3 is 10.2 Å². The Bertz CT molecular complexity index is 648. The number of aromatic nitrogens is 2. The van der Waals surface area contributed by atoms with Crippen molar-refractivity contribution in [3.8, 4) is 0 Å². The summed E-state index contributed by atoms with van der Waals surface area (Å²) in [6.45, 7) is 5.25. The Balaban J connectivity index is 2.45. The minimum atomic E-state index is -0.380. The van der Waals surface area contributed by atoms with E-state index in [1.807, 2.05) is 38.9 Å². The third-order valence-electron chi connectivity index (χ3n) is 3.31. The van der Waals surface area contributed by atoms with Crippen LogP contribution >= 0.6 is 0 Å². The number of nitrogens with one attached hydrogen (secondary N) is 1. The summed E-state index contributed by atoms with van der Waals surface area (Å²) >= 11 is 0. The van der Waals surface area contributed by atoms with Crippen LogP contribution in [0.15, 0.2) is 12.1 Å². The van der Waals surface area contributed by atoms with Crippen molar-refractivity contribution in [1.82, 2.24) is 14.5 Å². The number of fused-ring (bicyclic) bond motifs is 1. The molecule has 0 aliphatic carbocycles. The summed E-state index contributed by atoms with van der Waals surface area (Å²) in [5, 5.41) is 18.7. The first-order valence-electron chi connectivity index (χ1n) is 6.43. The predicted octanol–water partition coefficient (Wildman–Crippen LogP) is 1.83. The molecule has 2 heterocycles. The quantitative estimate of drug-likeness (QED) is 0.666. The summed E-state index contributed by atoms with van der Waals surface area (Å²) in [6.07, 6.45) is 0. The summed E-state index contributed by atoms with van der Waals surface area (Å²) in [6, 6.07) is 3.62. The highest BCUT2D eigenvalue weighted by atomic mass is 16.6. The van der Waals surface area contributed by atoms with Gasteiger partial charge in [-0.05, 0) is 39.6 Å². The summed E-state index contributed by atoms with van der Waals surface area (Å²) in [4.78, 5) is 12.9. The molecular formula is C13H19N5O2. The Hall–Kier alpha value is -2.15. The normalized spacial score (nSPS) is 11.2. The molecule has 0 saturated carbocycles. The molecule has 108 valence electrons. The van der Waals surface area contributed by atoms with Gasteiger partial charge in [0, 0.05) is 18.8 Å². The molecule has 7 nitrogen and oxygen atoms in total. The Kier molecular flexibility index (Phi) is 3.89. The average molecular weight is 277 g/mol. The zero-order chi connectivity index (χ0) is 14.9. The number of nitrogens with zero attached hydrogens (tertiary/aromatic N) is 4. The van der Waals surface area contributed by atoms with E-state index >= 15 is 0 Å². The van der Waals surface area contributed by atoms with Crippen LogP contribution < -0.4 is 5.32 Å². The lowest BCUT2D eigenvalue weighted by Crippen LogP contribution is -2.21. The van der Waals surface area contributed by atoms with Crippen LogP contribution in [0.3, 0.4) is 0 Å². The molecule has 0 aliphatic rings. The van der Waals surface area contributed by atoms with Gasteiger partial charge in [-0.3, -0.25) is 10.1 Å². The second kappa shape index (κ2) is 5.46. The number of nitro groups is 1. The van der Waals surface area contributed by atoms with Gasteiger partial charge in [-0.2, -0.15) is 0 Å². The van der Waals surface area contributed by atoms with Crippen LogP contribution in [0.25, 0.3) is 5.52 Å². The van der Waals surface area contributed by atoms with Crippen molar-refractivity contribution in [2.45, 2.75) is 13.8 Å². The molecule has 0 saturated heterocycles. The van der Waals surface area contributed by atoms with E-state index in [0.29, 0.717) is 17.9 Å². The Morgan fingerprint density at radius 2 is 2.10 bits per heavy atom. The van der Waals surface area contributed by atoms with E-state index in [1.165, 1.54) is 0 Å². The summed E-state index contributed by atoms with van der Waals surface area (Å²) in [7, 11) is 3.90. The van der Waals surface area contributed by atoms with Gasteiger partial charge in [0.05, 0.1) is 4.92 Å². The molecule has 0 fully saturated rings. The first-order valence-corrected chi connectivity index (χ1v) is 6.43. The highest BCUT2D eigenvalue weighted by Gasteiger charge is 2.24. The largest absolute Gasteiger partial charge is 0.362 e. The molecule has 0 bridgehead atoms. The standard InChI is InChI=1S/C13H19N5O2/c1-9-5-6-11-12(18(19)20)13(14-7-8-16(3)4)15-17(11)10(9)2/h5-6H,7-8H2,1-4H3,(H,14,15). The molecule has 2 aromatic heterocycles. The fourth-order valence-electron chi connectivity index (χ4n) is 2.02. The summed E-state index contributed by atoms with van der Waals surface area (Å²) in [5.41, 5.74) is 2.51. The van der Waals surface area contributed by atoms with E-state index in [2.05, 4.69) is 10.4 Å². The molecule has 20 heavy (non-hydrogen) atoms. The van der Waals surface area contributed by atoms with E-state index in [-0.39, 0.29) is 10.6 Å². The van der Waals surface area contributed by atoms with Gasteiger partial charge in [0.1, 0.15) is 5.52 Å². The first kappa shape index (κ1) is 14.3. The van der Waals surface area contributed by atoms with Crippen molar-refractivity contribution in [3.63, 3.8) is 0 Å². The zero-order valence-corrected chi connectivity index (χ0v) is 12.2. The Morgan fingerprint density at radius 1 is 1.40 bits per heavy atom. The maximum Gasteiger partial charge on any atom is 0.338 e. The van der Waals surface area contributed by atoms with Crippen molar-refractivity contribution in [2.24, 2.45) is 0 Å². The van der Waals surface area contributed by atoms with E-state index < -0.39 is 0 Å². The second-order valence-electron chi connectivity index (χ2n) is 5.08. The fraction of sp³-hybridized carbons (Fsp3) is 0.462. The lowest BCUT2D eigenvalue weighted by molar-refractivity contribution is -0.382. The van der Waals surface area contributed by atoms with E-state index in [9.17, 15) is 10.1 Å². The predicted molar refractivity (Wildman–Crippen MR) is 78.4 cm³/mol. The number of pyridine rings is 1. The van der Waals surface area contributed by atoms with Gasteiger partial charge in [-0.1, -0.05) is 6.07 Å². The molecule has 0 spiro atoms. The van der Waals surface area contributed by atoms with Gasteiger partial charge >= 0.3 is 5.69 Å². The fourth-order valence-corrected chi connectivity index (χ4v) is 2.02. The molecule has 0 aliphatic heterocycles. The number of hydrogen-bond donors (Lipinski definition) is 1. The third kappa shape index (κ3) is 2.57. The van der Waals surface area contributed by atoms with Crippen LogP contribution in [0.5, 0.6) is 0 Å². The Morgan fingerprint density at radius 3 is 2.70 bits per heavy atom. The van der Waals surface area contributed by atoms with E-state index in [1.54, 1.807) is 10.6 Å². The Labute approximate surface area is 117 Å². The van der Waals surface area contributed by atoms with Crippen LogP contribution in [0, 0.1) is 24.0 Å². The molecule has 7 heteroatoms. The second-order valence-corrected chi connectivity index (χ2v) is 5.08. The highest BCUT2D eigenvalue weighted by molar-refractivity contribution is 5.77. The molecule has 0 unspecified atom stereocenters. The number of hydrogen-bond acceptors (Lipinski definition) is 5. The summed E-state index contributed by atoms with van der Waals surface area (Å²) in [5.74, 6) is 0.325. The molecule has 0 radical (unpaired) electrons. The van der Waals surface area contributed by atoms with Crippen molar-refractivity contribution in [1.29, 1.82) is 0 Å². The van der Waals surface area contributed by atoms with Gasteiger partial charge in [0.2, 0.25) is 5.82 Å². The molecule has 0 aromatic carbocycles. The average Bonchev–Trinajstić information content (AvgIpc) is 2.73. The lowest BCUT2D eigenvalue weighted by Gasteiger charge is -2.09. The first-order chi connectivity index (χ1) is 9.41. The number of anilines is 1. The van der Waals surface area contributed by atoms with Gasteiger partial charge in [0.15, 0.2) is 0 Å². The molecular weight excluding hydrogens is 258 g/mol. The van der Waals surface area contributed by atoms with Crippen LogP contribution in [-0.2, 0) is 0 Å². The molecule has 2 rings (SSSR count). The molecule has 1 N–H and O–H groups in total. The SMILES string of the molecule is Cc1ccc2c([N+](=O)[O-])c(NCCN(C)C)nn2c1C. The maximum absolute atomic E-state index is 11.3. The summed E-state index contributed by atoms with van der Waals surface area (Å²) < 4.78 is 1.63. The van der Waals surface area contributed by atoms with Crippen LogP contribution in [0.2, 0.25) is 0 Å². The van der Waals surface area contributed by atoms with E-state index in [0.717, 1.165) is 17.8 Å². The lowest BCUT2D eigenvalue weighted by atomic mass is 10.2. The zero-order valence-electron chi connectivity index (χ0n) is 12.2. The molecule has 0 atom stereocenters. The van der Waals surface area contributed by atoms with Crippen molar-refractivity contribution in [3.05, 3.63) is 33.5 Å². The smallest absolute Gasteiger partial charge is 0.338 e. The van der Waals surface area contributed by atoms with Crippen LogP contribution in [0.1, 0.15) is 11.3 Å². The van der Waals surface area contributed by atoms with E-state index in [4.69, 9.17) is 0 Å². The van der Waals surface area contributed by atoms with Crippen molar-refractivity contribution in [2.75, 3.05) is 32.5 Å². The van der Waals surface area contributed by atoms with Crippen LogP contribution in [0.4, 0.5) is 11.5 Å².